The van der Waals surface area contributed by atoms with Crippen LogP contribution >= 0.6 is 0 Å². The summed E-state index contributed by atoms with van der Waals surface area (Å²) in [5.74, 6) is 0. The van der Waals surface area contributed by atoms with Crippen molar-refractivity contribution in [2.75, 3.05) is 19.8 Å². The third-order valence-corrected chi connectivity index (χ3v) is 4.72. The Kier molecular flexibility index (Phi) is 5.56. The second-order valence-corrected chi connectivity index (χ2v) is 6.78. The van der Waals surface area contributed by atoms with E-state index in [-0.39, 0.29) is 18.1 Å². The van der Waals surface area contributed by atoms with Crippen molar-refractivity contribution in [2.45, 2.75) is 38.5 Å². The van der Waals surface area contributed by atoms with Crippen LogP contribution in [0.1, 0.15) is 31.9 Å². The van der Waals surface area contributed by atoms with Crippen molar-refractivity contribution in [3.63, 3.8) is 0 Å². The van der Waals surface area contributed by atoms with E-state index in [1.54, 1.807) is 11.8 Å². The molecule has 0 aliphatic carbocycles. The van der Waals surface area contributed by atoms with Gasteiger partial charge < -0.3 is 20.1 Å². The van der Waals surface area contributed by atoms with Crippen LogP contribution in [-0.2, 0) is 4.74 Å². The van der Waals surface area contributed by atoms with Gasteiger partial charge in [0.2, 0.25) is 0 Å². The van der Waals surface area contributed by atoms with E-state index in [9.17, 15) is 9.90 Å². The van der Waals surface area contributed by atoms with E-state index in [1.807, 2.05) is 19.1 Å². The van der Waals surface area contributed by atoms with E-state index in [2.05, 4.69) is 35.6 Å². The highest BCUT2D eigenvalue weighted by Gasteiger charge is 2.29. The number of carbonyl (C=O) groups is 1. The molecule has 1 aliphatic rings. The molecule has 25 heavy (non-hydrogen) atoms. The van der Waals surface area contributed by atoms with Gasteiger partial charge in [-0.05, 0) is 42.7 Å². The smallest absolute Gasteiger partial charge is 0.318 e. The minimum atomic E-state index is -0.458. The van der Waals surface area contributed by atoms with E-state index in [4.69, 9.17) is 4.74 Å². The first kappa shape index (κ1) is 17.7. The Morgan fingerprint density at radius 3 is 2.80 bits per heavy atom. The Bertz CT molecular complexity index is 732. The number of fused-ring (bicyclic) bond motifs is 1. The zero-order chi connectivity index (χ0) is 17.8. The summed E-state index contributed by atoms with van der Waals surface area (Å²) in [7, 11) is 0. The minimum Gasteiger partial charge on any atom is -0.393 e. The zero-order valence-electron chi connectivity index (χ0n) is 14.8. The summed E-state index contributed by atoms with van der Waals surface area (Å²) < 4.78 is 5.47. The van der Waals surface area contributed by atoms with Gasteiger partial charge in [-0.3, -0.25) is 0 Å². The number of morpholine rings is 1. The molecule has 3 rings (SSSR count). The number of amides is 2. The van der Waals surface area contributed by atoms with E-state index < -0.39 is 6.10 Å². The molecule has 1 saturated heterocycles. The fraction of sp³-hybridized carbons (Fsp3) is 0.450. The summed E-state index contributed by atoms with van der Waals surface area (Å²) in [6.07, 6.45) is 0.0672. The molecular weight excluding hydrogens is 316 g/mol. The van der Waals surface area contributed by atoms with E-state index in [0.29, 0.717) is 26.2 Å². The lowest BCUT2D eigenvalue weighted by molar-refractivity contribution is -0.00473. The van der Waals surface area contributed by atoms with Crippen molar-refractivity contribution in [1.29, 1.82) is 0 Å². The molecule has 2 aromatic rings. The summed E-state index contributed by atoms with van der Waals surface area (Å²) in [5.41, 5.74) is 1.08. The second-order valence-electron chi connectivity index (χ2n) is 6.78. The molecule has 0 spiro atoms. The molecule has 2 N–H and O–H groups in total. The third kappa shape index (κ3) is 4.30. The number of ether oxygens (including phenoxy) is 1. The topological polar surface area (TPSA) is 61.8 Å². The molecule has 134 valence electrons. The van der Waals surface area contributed by atoms with Crippen molar-refractivity contribution >= 4 is 16.8 Å². The van der Waals surface area contributed by atoms with Crippen molar-refractivity contribution < 1.29 is 14.6 Å². The first-order chi connectivity index (χ1) is 12.0. The quantitative estimate of drug-likeness (QED) is 0.897. The number of urea groups is 1. The van der Waals surface area contributed by atoms with Gasteiger partial charge in [0.15, 0.2) is 0 Å². The normalized spacial score (nSPS) is 20.3. The number of carbonyl (C=O) groups excluding carboxylic acids is 1. The van der Waals surface area contributed by atoms with Crippen LogP contribution in [0.3, 0.4) is 0 Å². The predicted octanol–water partition coefficient (Wildman–Crippen LogP) is 3.08. The van der Waals surface area contributed by atoms with Gasteiger partial charge >= 0.3 is 6.03 Å². The summed E-state index contributed by atoms with van der Waals surface area (Å²) >= 11 is 0. The first-order valence-electron chi connectivity index (χ1n) is 8.86. The molecular formula is C20H26N2O3. The standard InChI is InChI=1S/C20H26N2O3/c1-14(23)11-19-13-25-10-9-22(19)20(24)21-15(2)17-8-7-16-5-3-4-6-18(16)12-17/h3-8,12,14-15,19,23H,9-11,13H2,1-2H3,(H,21,24)/t14-,15+,19-/m0/s1. The summed E-state index contributed by atoms with van der Waals surface area (Å²) in [6, 6.07) is 14.2. The highest BCUT2D eigenvalue weighted by atomic mass is 16.5. The lowest BCUT2D eigenvalue weighted by Gasteiger charge is -2.37. The molecule has 0 aromatic heterocycles. The van der Waals surface area contributed by atoms with Gasteiger partial charge in [0.05, 0.1) is 31.4 Å². The van der Waals surface area contributed by atoms with Gasteiger partial charge in [0, 0.05) is 6.54 Å². The van der Waals surface area contributed by atoms with Gasteiger partial charge in [-0.25, -0.2) is 4.79 Å². The highest BCUT2D eigenvalue weighted by Crippen LogP contribution is 2.21. The first-order valence-corrected chi connectivity index (χ1v) is 8.86. The molecule has 5 nitrogen and oxygen atoms in total. The van der Waals surface area contributed by atoms with Crippen LogP contribution in [0.4, 0.5) is 4.79 Å². The van der Waals surface area contributed by atoms with Gasteiger partial charge in [0.1, 0.15) is 0 Å². The molecule has 1 heterocycles. The van der Waals surface area contributed by atoms with E-state index in [0.717, 1.165) is 5.56 Å². The number of benzene rings is 2. The second kappa shape index (κ2) is 7.85. The van der Waals surface area contributed by atoms with Crippen molar-refractivity contribution in [3.8, 4) is 0 Å². The minimum absolute atomic E-state index is 0.0856. The number of aliphatic hydroxyl groups excluding tert-OH is 1. The van der Waals surface area contributed by atoms with Gasteiger partial charge in [-0.1, -0.05) is 36.4 Å². The lowest BCUT2D eigenvalue weighted by atomic mass is 10.0. The lowest BCUT2D eigenvalue weighted by Crippen LogP contribution is -2.53. The van der Waals surface area contributed by atoms with Crippen LogP contribution < -0.4 is 5.32 Å². The van der Waals surface area contributed by atoms with Crippen LogP contribution in [-0.4, -0.2) is 47.9 Å². The largest absolute Gasteiger partial charge is 0.393 e. The Morgan fingerprint density at radius 2 is 2.04 bits per heavy atom. The summed E-state index contributed by atoms with van der Waals surface area (Å²) in [4.78, 5) is 14.5. The fourth-order valence-corrected chi connectivity index (χ4v) is 3.34. The molecule has 1 aliphatic heterocycles. The van der Waals surface area contributed by atoms with Crippen LogP contribution in [0.5, 0.6) is 0 Å². The van der Waals surface area contributed by atoms with Gasteiger partial charge in [-0.2, -0.15) is 0 Å². The number of aliphatic hydroxyl groups is 1. The Hall–Kier alpha value is -2.11. The van der Waals surface area contributed by atoms with Crippen molar-refractivity contribution in [1.82, 2.24) is 10.2 Å². The Morgan fingerprint density at radius 1 is 1.28 bits per heavy atom. The molecule has 0 radical (unpaired) electrons. The fourth-order valence-electron chi connectivity index (χ4n) is 3.34. The number of hydrogen-bond acceptors (Lipinski definition) is 3. The molecule has 2 aromatic carbocycles. The SMILES string of the molecule is C[C@H](O)C[C@H]1COCCN1C(=O)N[C@H](C)c1ccc2ccccc2c1. The zero-order valence-corrected chi connectivity index (χ0v) is 14.8. The van der Waals surface area contributed by atoms with E-state index >= 15 is 0 Å². The molecule has 0 bridgehead atoms. The number of rotatable bonds is 4. The molecule has 2 amide bonds. The maximum Gasteiger partial charge on any atom is 0.318 e. The maximum absolute atomic E-state index is 12.7. The summed E-state index contributed by atoms with van der Waals surface area (Å²) in [5, 5.41) is 15.1. The van der Waals surface area contributed by atoms with Crippen LogP contribution in [0.15, 0.2) is 42.5 Å². The average molecular weight is 342 g/mol. The summed E-state index contributed by atoms with van der Waals surface area (Å²) in [6.45, 7) is 5.29. The number of nitrogens with one attached hydrogen (secondary N) is 1. The maximum atomic E-state index is 12.7. The Labute approximate surface area is 148 Å². The van der Waals surface area contributed by atoms with Crippen LogP contribution in [0.25, 0.3) is 10.8 Å². The van der Waals surface area contributed by atoms with Crippen molar-refractivity contribution in [3.05, 3.63) is 48.0 Å². The van der Waals surface area contributed by atoms with Crippen molar-refractivity contribution in [2.24, 2.45) is 0 Å². The monoisotopic (exact) mass is 342 g/mol. The average Bonchev–Trinajstić information content (AvgIpc) is 2.61. The van der Waals surface area contributed by atoms with Crippen LogP contribution in [0, 0.1) is 0 Å². The molecule has 1 fully saturated rings. The van der Waals surface area contributed by atoms with Gasteiger partial charge in [-0.15, -0.1) is 0 Å². The molecule has 3 atom stereocenters. The van der Waals surface area contributed by atoms with Crippen LogP contribution in [0.2, 0.25) is 0 Å². The Balaban J connectivity index is 1.69. The molecule has 0 saturated carbocycles. The van der Waals surface area contributed by atoms with Gasteiger partial charge in [0.25, 0.3) is 0 Å². The third-order valence-electron chi connectivity index (χ3n) is 4.72. The number of hydrogen-bond donors (Lipinski definition) is 2. The highest BCUT2D eigenvalue weighted by molar-refractivity contribution is 5.83. The predicted molar refractivity (Wildman–Crippen MR) is 98.5 cm³/mol. The molecule has 0 unspecified atom stereocenters. The van der Waals surface area contributed by atoms with E-state index in [1.165, 1.54) is 10.8 Å². The molecule has 5 heteroatoms. The number of nitrogens with zero attached hydrogens (tertiary/aromatic N) is 1.